The second-order valence-electron chi connectivity index (χ2n) is 5.56. The van der Waals surface area contributed by atoms with Crippen molar-refractivity contribution in [3.8, 4) is 5.75 Å². The average Bonchev–Trinajstić information content (AvgIpc) is 2.76. The number of ether oxygens (including phenoxy) is 1. The predicted molar refractivity (Wildman–Crippen MR) is 72.8 cm³/mol. The van der Waals surface area contributed by atoms with Gasteiger partial charge in [0.2, 0.25) is 5.91 Å². The monoisotopic (exact) mass is 260 g/mol. The Morgan fingerprint density at radius 3 is 2.74 bits per heavy atom. The SMILES string of the molecule is COc1ccccc1C1NCC(=O)N1C1CC(C)C1. The molecule has 0 aromatic heterocycles. The first-order chi connectivity index (χ1) is 9.20. The molecule has 1 aliphatic carbocycles. The lowest BCUT2D eigenvalue weighted by atomic mass is 9.80. The minimum absolute atomic E-state index is 0.0406. The van der Waals surface area contributed by atoms with E-state index in [-0.39, 0.29) is 12.1 Å². The van der Waals surface area contributed by atoms with Crippen LogP contribution in [-0.2, 0) is 4.79 Å². The summed E-state index contributed by atoms with van der Waals surface area (Å²) in [6.07, 6.45) is 2.18. The van der Waals surface area contributed by atoms with Crippen LogP contribution in [0.3, 0.4) is 0 Å². The predicted octanol–water partition coefficient (Wildman–Crippen LogP) is 1.92. The highest BCUT2D eigenvalue weighted by Gasteiger charge is 2.42. The number of methoxy groups -OCH3 is 1. The van der Waals surface area contributed by atoms with Gasteiger partial charge in [-0.05, 0) is 24.8 Å². The van der Waals surface area contributed by atoms with Crippen LogP contribution in [0.4, 0.5) is 0 Å². The van der Waals surface area contributed by atoms with Crippen molar-refractivity contribution >= 4 is 5.91 Å². The maximum Gasteiger partial charge on any atom is 0.238 e. The molecule has 102 valence electrons. The van der Waals surface area contributed by atoms with E-state index in [2.05, 4.69) is 12.2 Å². The van der Waals surface area contributed by atoms with Gasteiger partial charge in [-0.15, -0.1) is 0 Å². The molecule has 2 aliphatic rings. The van der Waals surface area contributed by atoms with Crippen LogP contribution in [0.25, 0.3) is 0 Å². The summed E-state index contributed by atoms with van der Waals surface area (Å²) in [5, 5.41) is 3.31. The van der Waals surface area contributed by atoms with Gasteiger partial charge in [0.05, 0.1) is 13.7 Å². The summed E-state index contributed by atoms with van der Waals surface area (Å²) in [4.78, 5) is 14.1. The molecule has 2 fully saturated rings. The lowest BCUT2D eigenvalue weighted by Crippen LogP contribution is -2.46. The van der Waals surface area contributed by atoms with Crippen molar-refractivity contribution in [1.29, 1.82) is 0 Å². The van der Waals surface area contributed by atoms with Gasteiger partial charge in [-0.1, -0.05) is 25.1 Å². The molecular weight excluding hydrogens is 240 g/mol. The molecule has 1 atom stereocenters. The van der Waals surface area contributed by atoms with E-state index in [1.54, 1.807) is 7.11 Å². The number of benzene rings is 1. The van der Waals surface area contributed by atoms with Gasteiger partial charge in [0.15, 0.2) is 0 Å². The van der Waals surface area contributed by atoms with Gasteiger partial charge >= 0.3 is 0 Å². The Morgan fingerprint density at radius 2 is 2.05 bits per heavy atom. The van der Waals surface area contributed by atoms with Crippen LogP contribution >= 0.6 is 0 Å². The molecule has 1 aliphatic heterocycles. The van der Waals surface area contributed by atoms with Gasteiger partial charge < -0.3 is 9.64 Å². The summed E-state index contributed by atoms with van der Waals surface area (Å²) in [5.74, 6) is 1.77. The molecule has 0 radical (unpaired) electrons. The number of rotatable bonds is 3. The molecule has 1 amide bonds. The van der Waals surface area contributed by atoms with E-state index in [1.165, 1.54) is 0 Å². The fraction of sp³-hybridized carbons (Fsp3) is 0.533. The first-order valence-electron chi connectivity index (χ1n) is 6.88. The smallest absolute Gasteiger partial charge is 0.238 e. The third-order valence-corrected chi connectivity index (χ3v) is 4.19. The van der Waals surface area contributed by atoms with Crippen molar-refractivity contribution < 1.29 is 9.53 Å². The van der Waals surface area contributed by atoms with E-state index in [0.717, 1.165) is 30.1 Å². The lowest BCUT2D eigenvalue weighted by molar-refractivity contribution is -0.133. The number of hydrogen-bond donors (Lipinski definition) is 1. The summed E-state index contributed by atoms with van der Waals surface area (Å²) >= 11 is 0. The Hall–Kier alpha value is -1.55. The molecule has 19 heavy (non-hydrogen) atoms. The van der Waals surface area contributed by atoms with Crippen molar-refractivity contribution in [3.63, 3.8) is 0 Å². The van der Waals surface area contributed by atoms with Crippen LogP contribution in [0.5, 0.6) is 5.75 Å². The van der Waals surface area contributed by atoms with Crippen LogP contribution in [0.15, 0.2) is 24.3 Å². The normalized spacial score (nSPS) is 30.3. The Labute approximate surface area is 113 Å². The second kappa shape index (κ2) is 4.85. The summed E-state index contributed by atoms with van der Waals surface area (Å²) in [5.41, 5.74) is 1.05. The molecule has 1 heterocycles. The molecule has 3 rings (SSSR count). The van der Waals surface area contributed by atoms with Crippen LogP contribution in [0.1, 0.15) is 31.5 Å². The second-order valence-corrected chi connectivity index (χ2v) is 5.56. The minimum atomic E-state index is -0.0406. The quantitative estimate of drug-likeness (QED) is 0.903. The highest BCUT2D eigenvalue weighted by molar-refractivity contribution is 5.81. The van der Waals surface area contributed by atoms with Gasteiger partial charge in [0, 0.05) is 11.6 Å². The molecule has 1 aromatic rings. The molecular formula is C15H20N2O2. The van der Waals surface area contributed by atoms with Gasteiger partial charge in [0.1, 0.15) is 11.9 Å². The number of amides is 1. The molecule has 4 heteroatoms. The largest absolute Gasteiger partial charge is 0.496 e. The average molecular weight is 260 g/mol. The van der Waals surface area contributed by atoms with Crippen LogP contribution in [0.2, 0.25) is 0 Å². The standard InChI is InChI=1S/C15H20N2O2/c1-10-7-11(8-10)17-14(18)9-16-15(17)12-5-3-4-6-13(12)19-2/h3-6,10-11,15-16H,7-9H2,1-2H3. The fourth-order valence-electron chi connectivity index (χ4n) is 3.17. The van der Waals surface area contributed by atoms with Crippen molar-refractivity contribution in [2.45, 2.75) is 32.0 Å². The zero-order valence-electron chi connectivity index (χ0n) is 11.4. The first kappa shape index (κ1) is 12.5. The number of para-hydroxylation sites is 1. The van der Waals surface area contributed by atoms with E-state index in [4.69, 9.17) is 4.74 Å². The molecule has 1 aromatic carbocycles. The Balaban J connectivity index is 1.88. The van der Waals surface area contributed by atoms with Crippen LogP contribution in [0, 0.1) is 5.92 Å². The summed E-state index contributed by atoms with van der Waals surface area (Å²) in [6.45, 7) is 2.66. The summed E-state index contributed by atoms with van der Waals surface area (Å²) in [7, 11) is 1.67. The third kappa shape index (κ3) is 2.10. The molecule has 0 spiro atoms. The number of hydrogen-bond acceptors (Lipinski definition) is 3. The molecule has 1 unspecified atom stereocenters. The van der Waals surface area contributed by atoms with Gasteiger partial charge in [0.25, 0.3) is 0 Å². The van der Waals surface area contributed by atoms with E-state index in [1.807, 2.05) is 29.2 Å². The van der Waals surface area contributed by atoms with Crippen molar-refractivity contribution in [1.82, 2.24) is 10.2 Å². The van der Waals surface area contributed by atoms with E-state index >= 15 is 0 Å². The van der Waals surface area contributed by atoms with E-state index in [9.17, 15) is 4.79 Å². The maximum absolute atomic E-state index is 12.1. The Morgan fingerprint density at radius 1 is 1.32 bits per heavy atom. The number of carbonyl (C=O) groups is 1. The summed E-state index contributed by atoms with van der Waals surface area (Å²) < 4.78 is 5.42. The number of nitrogens with zero attached hydrogens (tertiary/aromatic N) is 1. The van der Waals surface area contributed by atoms with Gasteiger partial charge in [-0.2, -0.15) is 0 Å². The molecule has 1 N–H and O–H groups in total. The lowest BCUT2D eigenvalue weighted by Gasteiger charge is -2.42. The van der Waals surface area contributed by atoms with E-state index < -0.39 is 0 Å². The number of nitrogens with one attached hydrogen (secondary N) is 1. The Bertz CT molecular complexity index is 483. The van der Waals surface area contributed by atoms with Crippen molar-refractivity contribution in [3.05, 3.63) is 29.8 Å². The highest BCUT2D eigenvalue weighted by atomic mass is 16.5. The van der Waals surface area contributed by atoms with Crippen molar-refractivity contribution in [2.75, 3.05) is 13.7 Å². The minimum Gasteiger partial charge on any atom is -0.496 e. The third-order valence-electron chi connectivity index (χ3n) is 4.19. The molecule has 1 saturated carbocycles. The zero-order chi connectivity index (χ0) is 13.4. The van der Waals surface area contributed by atoms with Gasteiger partial charge in [-0.25, -0.2) is 0 Å². The first-order valence-corrected chi connectivity index (χ1v) is 6.88. The van der Waals surface area contributed by atoms with Crippen molar-refractivity contribution in [2.24, 2.45) is 5.92 Å². The number of carbonyl (C=O) groups excluding carboxylic acids is 1. The topological polar surface area (TPSA) is 41.6 Å². The molecule has 0 bridgehead atoms. The highest BCUT2D eigenvalue weighted by Crippen LogP contribution is 2.39. The molecule has 1 saturated heterocycles. The summed E-state index contributed by atoms with van der Waals surface area (Å²) in [6, 6.07) is 8.30. The Kier molecular flexibility index (Phi) is 3.19. The van der Waals surface area contributed by atoms with Gasteiger partial charge in [-0.3, -0.25) is 10.1 Å². The molecule has 4 nitrogen and oxygen atoms in total. The zero-order valence-corrected chi connectivity index (χ0v) is 11.4. The van der Waals surface area contributed by atoms with Crippen LogP contribution in [-0.4, -0.2) is 30.5 Å². The maximum atomic E-state index is 12.1. The fourth-order valence-corrected chi connectivity index (χ4v) is 3.17. The van der Waals surface area contributed by atoms with E-state index in [0.29, 0.717) is 12.6 Å². The van der Waals surface area contributed by atoms with Crippen LogP contribution < -0.4 is 10.1 Å².